The first-order valence-electron chi connectivity index (χ1n) is 5.83. The molecule has 4 N–H and O–H groups in total. The van der Waals surface area contributed by atoms with Crippen molar-refractivity contribution in [3.8, 4) is 0 Å². The van der Waals surface area contributed by atoms with Crippen LogP contribution in [-0.4, -0.2) is 24.4 Å². The Morgan fingerprint density at radius 1 is 1.44 bits per heavy atom. The fourth-order valence-corrected chi connectivity index (χ4v) is 2.24. The zero-order chi connectivity index (χ0) is 13.7. The van der Waals surface area contributed by atoms with Gasteiger partial charge in [-0.05, 0) is 26.8 Å². The average Bonchev–Trinajstić information content (AvgIpc) is 2.58. The van der Waals surface area contributed by atoms with Gasteiger partial charge in [0, 0.05) is 29.6 Å². The van der Waals surface area contributed by atoms with Gasteiger partial charge in [-0.1, -0.05) is 0 Å². The minimum atomic E-state index is -0.183. The predicted molar refractivity (Wildman–Crippen MR) is 73.7 cm³/mol. The number of nitrogen functional groups attached to an aromatic ring is 1. The molecule has 0 aliphatic heterocycles. The smallest absolute Gasteiger partial charge is 0.261 e. The average molecular weight is 269 g/mol. The van der Waals surface area contributed by atoms with E-state index in [0.29, 0.717) is 17.1 Å². The Hall–Kier alpha value is -1.56. The van der Waals surface area contributed by atoms with Crippen LogP contribution in [0, 0.1) is 6.92 Å². The second kappa shape index (κ2) is 6.39. The Morgan fingerprint density at radius 3 is 2.61 bits per heavy atom. The largest absolute Gasteiger partial charge is 0.398 e. The maximum absolute atomic E-state index is 11.7. The fourth-order valence-electron chi connectivity index (χ4n) is 1.38. The number of amides is 2. The molecule has 1 heterocycles. The van der Waals surface area contributed by atoms with Crippen LogP contribution in [0.3, 0.4) is 0 Å². The molecule has 0 atom stereocenters. The molecule has 0 aliphatic carbocycles. The molecule has 1 rings (SSSR count). The van der Waals surface area contributed by atoms with Gasteiger partial charge < -0.3 is 16.4 Å². The van der Waals surface area contributed by atoms with E-state index in [9.17, 15) is 9.59 Å². The van der Waals surface area contributed by atoms with Crippen LogP contribution in [0.2, 0.25) is 0 Å². The molecular formula is C12H19N3O2S. The van der Waals surface area contributed by atoms with Crippen molar-refractivity contribution in [2.24, 2.45) is 0 Å². The van der Waals surface area contributed by atoms with Gasteiger partial charge in [0.1, 0.15) is 0 Å². The van der Waals surface area contributed by atoms with Crippen LogP contribution in [0.4, 0.5) is 5.69 Å². The number of thiophene rings is 1. The minimum absolute atomic E-state index is 0.0628. The number of nitrogens with two attached hydrogens (primary N) is 1. The SMILES string of the molecule is Cc1sc(C(=O)NCCC(=O)NC(C)C)cc1N. The summed E-state index contributed by atoms with van der Waals surface area (Å²) in [6, 6.07) is 1.77. The van der Waals surface area contributed by atoms with Gasteiger partial charge in [-0.3, -0.25) is 9.59 Å². The molecule has 100 valence electrons. The number of hydrogen-bond donors (Lipinski definition) is 3. The van der Waals surface area contributed by atoms with Crippen molar-refractivity contribution in [2.75, 3.05) is 12.3 Å². The number of hydrogen-bond acceptors (Lipinski definition) is 4. The van der Waals surface area contributed by atoms with Gasteiger partial charge in [0.05, 0.1) is 4.88 Å². The Bertz CT molecular complexity index is 421. The van der Waals surface area contributed by atoms with Crippen molar-refractivity contribution < 1.29 is 9.59 Å². The maximum atomic E-state index is 11.7. The van der Waals surface area contributed by atoms with Crippen molar-refractivity contribution in [3.63, 3.8) is 0 Å². The van der Waals surface area contributed by atoms with Gasteiger partial charge in [0.2, 0.25) is 5.91 Å². The molecule has 1 aromatic heterocycles. The third-order valence-corrected chi connectivity index (χ3v) is 3.33. The van der Waals surface area contributed by atoms with E-state index in [0.717, 1.165) is 4.88 Å². The molecule has 5 nitrogen and oxygen atoms in total. The highest BCUT2D eigenvalue weighted by molar-refractivity contribution is 7.14. The van der Waals surface area contributed by atoms with E-state index in [-0.39, 0.29) is 24.3 Å². The molecule has 0 bridgehead atoms. The molecule has 0 spiro atoms. The third kappa shape index (κ3) is 4.37. The Balaban J connectivity index is 2.36. The first kappa shape index (κ1) is 14.5. The van der Waals surface area contributed by atoms with Crippen molar-refractivity contribution in [1.82, 2.24) is 10.6 Å². The lowest BCUT2D eigenvalue weighted by Gasteiger charge is -2.08. The first-order valence-corrected chi connectivity index (χ1v) is 6.65. The highest BCUT2D eigenvalue weighted by atomic mass is 32.1. The maximum Gasteiger partial charge on any atom is 0.261 e. The zero-order valence-corrected chi connectivity index (χ0v) is 11.7. The Labute approximate surface area is 111 Å². The second-order valence-electron chi connectivity index (χ2n) is 4.35. The van der Waals surface area contributed by atoms with Gasteiger partial charge in [0.25, 0.3) is 5.91 Å². The summed E-state index contributed by atoms with van der Waals surface area (Å²) in [4.78, 5) is 24.6. The van der Waals surface area contributed by atoms with Crippen molar-refractivity contribution in [1.29, 1.82) is 0 Å². The molecule has 0 saturated heterocycles. The number of anilines is 1. The molecule has 2 amide bonds. The first-order chi connectivity index (χ1) is 8.40. The lowest BCUT2D eigenvalue weighted by molar-refractivity contribution is -0.121. The number of carbonyl (C=O) groups excluding carboxylic acids is 2. The summed E-state index contributed by atoms with van der Waals surface area (Å²) in [7, 11) is 0. The number of rotatable bonds is 5. The van der Waals surface area contributed by atoms with Crippen LogP contribution in [-0.2, 0) is 4.79 Å². The molecule has 0 unspecified atom stereocenters. The van der Waals surface area contributed by atoms with Crippen LogP contribution in [0.1, 0.15) is 34.8 Å². The number of aryl methyl sites for hydroxylation is 1. The summed E-state index contributed by atoms with van der Waals surface area (Å²) in [5.41, 5.74) is 6.30. The van der Waals surface area contributed by atoms with Crippen molar-refractivity contribution in [3.05, 3.63) is 15.8 Å². The third-order valence-electron chi connectivity index (χ3n) is 2.27. The van der Waals surface area contributed by atoms with E-state index >= 15 is 0 Å². The molecule has 6 heteroatoms. The highest BCUT2D eigenvalue weighted by Gasteiger charge is 2.11. The summed E-state index contributed by atoms with van der Waals surface area (Å²) >= 11 is 1.35. The van der Waals surface area contributed by atoms with Gasteiger partial charge in [-0.2, -0.15) is 0 Å². The molecule has 0 fully saturated rings. The van der Waals surface area contributed by atoms with Crippen LogP contribution < -0.4 is 16.4 Å². The lowest BCUT2D eigenvalue weighted by Crippen LogP contribution is -2.33. The van der Waals surface area contributed by atoms with E-state index in [1.807, 2.05) is 20.8 Å². The molecular weight excluding hydrogens is 250 g/mol. The van der Waals surface area contributed by atoms with E-state index in [1.165, 1.54) is 11.3 Å². The molecule has 0 radical (unpaired) electrons. The van der Waals surface area contributed by atoms with Gasteiger partial charge >= 0.3 is 0 Å². The summed E-state index contributed by atoms with van der Waals surface area (Å²) < 4.78 is 0. The number of nitrogens with one attached hydrogen (secondary N) is 2. The molecule has 18 heavy (non-hydrogen) atoms. The zero-order valence-electron chi connectivity index (χ0n) is 10.9. The van der Waals surface area contributed by atoms with Gasteiger partial charge in [-0.15, -0.1) is 11.3 Å². The number of carbonyl (C=O) groups is 2. The lowest BCUT2D eigenvalue weighted by atomic mass is 10.3. The van der Waals surface area contributed by atoms with Gasteiger partial charge in [-0.25, -0.2) is 0 Å². The van der Waals surface area contributed by atoms with E-state index in [1.54, 1.807) is 6.07 Å². The van der Waals surface area contributed by atoms with Crippen LogP contribution >= 0.6 is 11.3 Å². The summed E-state index contributed by atoms with van der Waals surface area (Å²) in [5.74, 6) is -0.246. The second-order valence-corrected chi connectivity index (χ2v) is 5.61. The molecule has 1 aromatic rings. The molecule has 0 aliphatic rings. The fraction of sp³-hybridized carbons (Fsp3) is 0.500. The molecule has 0 aromatic carbocycles. The predicted octanol–water partition coefficient (Wildman–Crippen LogP) is 1.28. The highest BCUT2D eigenvalue weighted by Crippen LogP contribution is 2.22. The van der Waals surface area contributed by atoms with Crippen molar-refractivity contribution in [2.45, 2.75) is 33.2 Å². The van der Waals surface area contributed by atoms with E-state index in [2.05, 4.69) is 10.6 Å². The minimum Gasteiger partial charge on any atom is -0.398 e. The van der Waals surface area contributed by atoms with Crippen LogP contribution in [0.25, 0.3) is 0 Å². The quantitative estimate of drug-likeness (QED) is 0.753. The summed E-state index contributed by atoms with van der Waals surface area (Å²) in [6.07, 6.45) is 0.282. The standard InChI is InChI=1S/C12H19N3O2S/c1-7(2)15-11(16)4-5-14-12(17)10-6-9(13)8(3)18-10/h6-7H,4-5,13H2,1-3H3,(H,14,17)(H,15,16). The van der Waals surface area contributed by atoms with Gasteiger partial charge in [0.15, 0.2) is 0 Å². The topological polar surface area (TPSA) is 84.2 Å². The normalized spacial score (nSPS) is 10.4. The summed E-state index contributed by atoms with van der Waals surface area (Å²) in [6.45, 7) is 5.99. The summed E-state index contributed by atoms with van der Waals surface area (Å²) in [5, 5.41) is 5.46. The monoisotopic (exact) mass is 269 g/mol. The van der Waals surface area contributed by atoms with E-state index < -0.39 is 0 Å². The van der Waals surface area contributed by atoms with Crippen molar-refractivity contribution >= 4 is 28.8 Å². The molecule has 0 saturated carbocycles. The Kier molecular flexibility index (Phi) is 5.15. The Morgan fingerprint density at radius 2 is 2.11 bits per heavy atom. The van der Waals surface area contributed by atoms with E-state index in [4.69, 9.17) is 5.73 Å². The van der Waals surface area contributed by atoms with Crippen LogP contribution in [0.15, 0.2) is 6.07 Å². The van der Waals surface area contributed by atoms with Crippen LogP contribution in [0.5, 0.6) is 0 Å².